The van der Waals surface area contributed by atoms with Crippen LogP contribution in [0.5, 0.6) is 0 Å². The summed E-state index contributed by atoms with van der Waals surface area (Å²) in [5, 5.41) is 7.38. The number of aromatic nitrogens is 2. The van der Waals surface area contributed by atoms with Gasteiger partial charge in [-0.2, -0.15) is 0 Å². The van der Waals surface area contributed by atoms with E-state index in [2.05, 4.69) is 10.3 Å². The van der Waals surface area contributed by atoms with Gasteiger partial charge in [-0.3, -0.25) is 9.20 Å². The summed E-state index contributed by atoms with van der Waals surface area (Å²) in [6.07, 6.45) is 1.90. The predicted molar refractivity (Wildman–Crippen MR) is 101 cm³/mol. The minimum Gasteiger partial charge on any atom is -0.320 e. The molecular formula is C17H12ClN3OS2. The lowest BCUT2D eigenvalue weighted by molar-refractivity contribution is 0.102. The molecule has 0 saturated heterocycles. The van der Waals surface area contributed by atoms with Crippen LogP contribution in [0.2, 0.25) is 5.02 Å². The minimum absolute atomic E-state index is 0.179. The van der Waals surface area contributed by atoms with Crippen molar-refractivity contribution in [2.45, 2.75) is 6.92 Å². The molecule has 0 aliphatic heterocycles. The number of rotatable bonds is 3. The van der Waals surface area contributed by atoms with E-state index in [1.165, 1.54) is 11.3 Å². The number of carbonyl (C=O) groups is 1. The number of anilines is 1. The second kappa shape index (κ2) is 6.05. The van der Waals surface area contributed by atoms with Gasteiger partial charge in [0.1, 0.15) is 11.4 Å². The number of imidazole rings is 1. The first-order valence-corrected chi connectivity index (χ1v) is 9.34. The van der Waals surface area contributed by atoms with Crippen LogP contribution in [0.15, 0.2) is 47.3 Å². The van der Waals surface area contributed by atoms with Crippen molar-refractivity contribution in [1.29, 1.82) is 0 Å². The Kier molecular flexibility index (Phi) is 3.88. The number of carbonyl (C=O) groups excluding carboxylic acids is 1. The first-order chi connectivity index (χ1) is 11.6. The molecule has 3 aromatic heterocycles. The number of nitrogens with one attached hydrogen (secondary N) is 1. The molecule has 0 unspecified atom stereocenters. The van der Waals surface area contributed by atoms with Crippen molar-refractivity contribution < 1.29 is 4.79 Å². The third-order valence-corrected chi connectivity index (χ3v) is 5.87. The number of thiazole rings is 1. The summed E-state index contributed by atoms with van der Waals surface area (Å²) < 4.78 is 1.83. The molecule has 4 rings (SSSR count). The minimum atomic E-state index is -0.179. The maximum atomic E-state index is 12.7. The summed E-state index contributed by atoms with van der Waals surface area (Å²) in [6, 6.07) is 9.47. The number of fused-ring (bicyclic) bond motifs is 1. The molecule has 3 heterocycles. The third-order valence-electron chi connectivity index (χ3n) is 3.73. The highest BCUT2D eigenvalue weighted by Crippen LogP contribution is 2.28. The van der Waals surface area contributed by atoms with Crippen LogP contribution >= 0.6 is 34.3 Å². The van der Waals surface area contributed by atoms with Crippen molar-refractivity contribution >= 4 is 50.8 Å². The summed E-state index contributed by atoms with van der Waals surface area (Å²) in [7, 11) is 0. The van der Waals surface area contributed by atoms with E-state index in [0.717, 1.165) is 21.1 Å². The molecule has 0 aliphatic rings. The van der Waals surface area contributed by atoms with Crippen LogP contribution in [-0.2, 0) is 0 Å². The fraction of sp³-hybridized carbons (Fsp3) is 0.0588. The lowest BCUT2D eigenvalue weighted by Gasteiger charge is -2.08. The van der Waals surface area contributed by atoms with Crippen LogP contribution in [-0.4, -0.2) is 15.3 Å². The summed E-state index contributed by atoms with van der Waals surface area (Å²) >= 11 is 9.19. The second-order valence-corrected chi connectivity index (χ2v) is 7.43. The largest absolute Gasteiger partial charge is 0.320 e. The molecule has 0 fully saturated rings. The van der Waals surface area contributed by atoms with Crippen LogP contribution < -0.4 is 5.32 Å². The first kappa shape index (κ1) is 15.4. The van der Waals surface area contributed by atoms with Crippen molar-refractivity contribution in [2.24, 2.45) is 0 Å². The van der Waals surface area contributed by atoms with E-state index in [0.29, 0.717) is 16.4 Å². The molecule has 1 amide bonds. The highest BCUT2D eigenvalue weighted by atomic mass is 35.5. The van der Waals surface area contributed by atoms with Crippen LogP contribution in [0.1, 0.15) is 16.1 Å². The summed E-state index contributed by atoms with van der Waals surface area (Å²) in [5.74, 6) is -0.179. The van der Waals surface area contributed by atoms with Crippen molar-refractivity contribution in [1.82, 2.24) is 9.38 Å². The van der Waals surface area contributed by atoms with Gasteiger partial charge in [0, 0.05) is 22.3 Å². The Hall–Kier alpha value is -2.15. The monoisotopic (exact) mass is 373 g/mol. The number of hydrogen-bond donors (Lipinski definition) is 1. The fourth-order valence-corrected chi connectivity index (χ4v) is 4.13. The van der Waals surface area contributed by atoms with Gasteiger partial charge in [-0.1, -0.05) is 23.7 Å². The molecule has 0 bridgehead atoms. The predicted octanol–water partition coefficient (Wildman–Crippen LogP) is 5.34. The van der Waals surface area contributed by atoms with Crippen molar-refractivity contribution in [3.8, 4) is 10.6 Å². The molecule has 0 spiro atoms. The van der Waals surface area contributed by atoms with E-state index in [1.807, 2.05) is 52.5 Å². The van der Waals surface area contributed by atoms with E-state index < -0.39 is 0 Å². The van der Waals surface area contributed by atoms with Gasteiger partial charge in [0.25, 0.3) is 5.91 Å². The maximum absolute atomic E-state index is 12.7. The van der Waals surface area contributed by atoms with Crippen LogP contribution in [0.25, 0.3) is 15.5 Å². The second-order valence-electron chi connectivity index (χ2n) is 5.24. The molecule has 0 atom stereocenters. The molecule has 1 aromatic carbocycles. The van der Waals surface area contributed by atoms with E-state index in [-0.39, 0.29) is 5.91 Å². The lowest BCUT2D eigenvalue weighted by atomic mass is 10.2. The molecule has 7 heteroatoms. The zero-order valence-electron chi connectivity index (χ0n) is 12.6. The van der Waals surface area contributed by atoms with Crippen LogP contribution in [0.4, 0.5) is 5.69 Å². The fourth-order valence-electron chi connectivity index (χ4n) is 2.42. The molecule has 4 aromatic rings. The Balaban J connectivity index is 1.68. The number of benzene rings is 1. The van der Waals surface area contributed by atoms with Gasteiger partial charge in [-0.15, -0.1) is 22.7 Å². The Morgan fingerprint density at radius 3 is 2.92 bits per heavy atom. The zero-order chi connectivity index (χ0) is 16.7. The van der Waals surface area contributed by atoms with E-state index in [1.54, 1.807) is 17.4 Å². The van der Waals surface area contributed by atoms with E-state index in [4.69, 9.17) is 11.6 Å². The number of halogens is 1. The zero-order valence-corrected chi connectivity index (χ0v) is 15.0. The topological polar surface area (TPSA) is 46.4 Å². The van der Waals surface area contributed by atoms with Gasteiger partial charge in [0.05, 0.1) is 4.88 Å². The first-order valence-electron chi connectivity index (χ1n) is 7.20. The van der Waals surface area contributed by atoms with E-state index >= 15 is 0 Å². The van der Waals surface area contributed by atoms with Gasteiger partial charge in [-0.05, 0) is 36.1 Å². The standard InChI is InChI=1S/C17H12ClN3OS2/c1-10-11(18)4-2-5-12(10)19-16(22)14-9-24-17-20-13(8-21(14)17)15-6-3-7-23-15/h2-9H,1H3,(H,19,22). The maximum Gasteiger partial charge on any atom is 0.273 e. The summed E-state index contributed by atoms with van der Waals surface area (Å²) in [6.45, 7) is 1.88. The number of nitrogens with zero attached hydrogens (tertiary/aromatic N) is 2. The van der Waals surface area contributed by atoms with Gasteiger partial charge < -0.3 is 5.32 Å². The quantitative estimate of drug-likeness (QED) is 0.527. The highest BCUT2D eigenvalue weighted by molar-refractivity contribution is 7.15. The van der Waals surface area contributed by atoms with Crippen molar-refractivity contribution in [2.75, 3.05) is 5.32 Å². The number of thiophene rings is 1. The number of hydrogen-bond acceptors (Lipinski definition) is 4. The van der Waals surface area contributed by atoms with Crippen molar-refractivity contribution in [3.05, 3.63) is 63.6 Å². The summed E-state index contributed by atoms with van der Waals surface area (Å²) in [4.78, 5) is 19.1. The van der Waals surface area contributed by atoms with Gasteiger partial charge in [-0.25, -0.2) is 4.98 Å². The van der Waals surface area contributed by atoms with Crippen LogP contribution in [0, 0.1) is 6.92 Å². The SMILES string of the molecule is Cc1c(Cl)cccc1NC(=O)c1csc2nc(-c3cccs3)cn12. The average Bonchev–Trinajstić information content (AvgIpc) is 3.26. The summed E-state index contributed by atoms with van der Waals surface area (Å²) in [5.41, 5.74) is 3.00. The molecular weight excluding hydrogens is 362 g/mol. The van der Waals surface area contributed by atoms with Crippen LogP contribution in [0.3, 0.4) is 0 Å². The Labute approximate surface area is 151 Å². The Morgan fingerprint density at radius 1 is 1.25 bits per heavy atom. The third kappa shape index (κ3) is 2.62. The highest BCUT2D eigenvalue weighted by Gasteiger charge is 2.16. The van der Waals surface area contributed by atoms with Crippen molar-refractivity contribution in [3.63, 3.8) is 0 Å². The normalized spacial score (nSPS) is 11.1. The molecule has 4 nitrogen and oxygen atoms in total. The van der Waals surface area contributed by atoms with E-state index in [9.17, 15) is 4.79 Å². The molecule has 0 aliphatic carbocycles. The molecule has 1 N–H and O–H groups in total. The van der Waals surface area contributed by atoms with Gasteiger partial charge in [0.15, 0.2) is 4.96 Å². The average molecular weight is 374 g/mol. The Morgan fingerprint density at radius 2 is 2.12 bits per heavy atom. The smallest absolute Gasteiger partial charge is 0.273 e. The lowest BCUT2D eigenvalue weighted by Crippen LogP contribution is -2.14. The van der Waals surface area contributed by atoms with Gasteiger partial charge in [0.2, 0.25) is 0 Å². The molecule has 0 radical (unpaired) electrons. The molecule has 0 saturated carbocycles. The Bertz CT molecular complexity index is 1030. The molecule has 120 valence electrons. The van der Waals surface area contributed by atoms with Gasteiger partial charge >= 0.3 is 0 Å². The number of amides is 1. The molecule has 24 heavy (non-hydrogen) atoms.